The lowest BCUT2D eigenvalue weighted by molar-refractivity contribution is 0.455. The molecular formula is C15H14ClF2NO. The van der Waals surface area contributed by atoms with Crippen LogP contribution in [-0.4, -0.2) is 6.54 Å². The average molecular weight is 298 g/mol. The summed E-state index contributed by atoms with van der Waals surface area (Å²) < 4.78 is 31.6. The molecule has 0 amide bonds. The molecule has 0 fully saturated rings. The molecule has 0 aromatic heterocycles. The van der Waals surface area contributed by atoms with Crippen molar-refractivity contribution in [3.8, 4) is 11.5 Å². The maximum Gasteiger partial charge on any atom is 0.162 e. The van der Waals surface area contributed by atoms with Crippen LogP contribution in [0.2, 0.25) is 5.02 Å². The summed E-state index contributed by atoms with van der Waals surface area (Å²) in [4.78, 5) is 0. The summed E-state index contributed by atoms with van der Waals surface area (Å²) in [6.07, 6.45) is 0. The number of halogens is 3. The van der Waals surface area contributed by atoms with Gasteiger partial charge in [0.1, 0.15) is 11.5 Å². The van der Waals surface area contributed by atoms with E-state index in [1.807, 2.05) is 13.0 Å². The first-order valence-electron chi connectivity index (χ1n) is 6.22. The fraction of sp³-hybridized carbons (Fsp3) is 0.200. The normalized spacial score (nSPS) is 10.6. The third-order valence-corrected chi connectivity index (χ3v) is 2.95. The Labute approximate surface area is 121 Å². The van der Waals surface area contributed by atoms with Gasteiger partial charge in [-0.3, -0.25) is 0 Å². The highest BCUT2D eigenvalue weighted by atomic mass is 35.5. The largest absolute Gasteiger partial charge is 0.457 e. The highest BCUT2D eigenvalue weighted by molar-refractivity contribution is 6.30. The number of ether oxygens (including phenoxy) is 1. The lowest BCUT2D eigenvalue weighted by Gasteiger charge is -2.12. The molecule has 5 heteroatoms. The van der Waals surface area contributed by atoms with Crippen molar-refractivity contribution in [1.82, 2.24) is 5.32 Å². The molecule has 0 radical (unpaired) electrons. The van der Waals surface area contributed by atoms with Gasteiger partial charge in [0.25, 0.3) is 0 Å². The molecule has 0 heterocycles. The number of nitrogens with one attached hydrogen (secondary N) is 1. The Kier molecular flexibility index (Phi) is 4.93. The Morgan fingerprint density at radius 1 is 1.10 bits per heavy atom. The van der Waals surface area contributed by atoms with Crippen LogP contribution in [0.4, 0.5) is 8.78 Å². The van der Waals surface area contributed by atoms with Crippen molar-refractivity contribution < 1.29 is 13.5 Å². The summed E-state index contributed by atoms with van der Waals surface area (Å²) in [6.45, 7) is 3.41. The minimum Gasteiger partial charge on any atom is -0.457 e. The van der Waals surface area contributed by atoms with Gasteiger partial charge in [-0.15, -0.1) is 0 Å². The van der Waals surface area contributed by atoms with Crippen LogP contribution < -0.4 is 10.1 Å². The van der Waals surface area contributed by atoms with Gasteiger partial charge < -0.3 is 10.1 Å². The molecule has 0 aliphatic heterocycles. The van der Waals surface area contributed by atoms with E-state index in [2.05, 4.69) is 5.32 Å². The van der Waals surface area contributed by atoms with Gasteiger partial charge in [-0.1, -0.05) is 24.6 Å². The quantitative estimate of drug-likeness (QED) is 0.876. The van der Waals surface area contributed by atoms with E-state index >= 15 is 0 Å². The lowest BCUT2D eigenvalue weighted by Crippen LogP contribution is -2.12. The van der Waals surface area contributed by atoms with Crippen LogP contribution in [0.1, 0.15) is 12.5 Å². The molecule has 1 N–H and O–H groups in total. The van der Waals surface area contributed by atoms with Gasteiger partial charge in [0, 0.05) is 23.2 Å². The molecule has 0 spiro atoms. The smallest absolute Gasteiger partial charge is 0.162 e. The lowest BCUT2D eigenvalue weighted by atomic mass is 10.2. The summed E-state index contributed by atoms with van der Waals surface area (Å²) in [5.74, 6) is -1.11. The number of benzene rings is 2. The molecule has 2 aromatic rings. The second kappa shape index (κ2) is 6.68. The molecule has 2 aromatic carbocycles. The Bertz CT molecular complexity index is 604. The topological polar surface area (TPSA) is 21.3 Å². The predicted molar refractivity (Wildman–Crippen MR) is 75.3 cm³/mol. The first-order valence-corrected chi connectivity index (χ1v) is 6.60. The predicted octanol–water partition coefficient (Wildman–Crippen LogP) is 4.52. The fourth-order valence-corrected chi connectivity index (χ4v) is 1.86. The first kappa shape index (κ1) is 14.8. The van der Waals surface area contributed by atoms with Gasteiger partial charge in [-0.25, -0.2) is 8.78 Å². The summed E-state index contributed by atoms with van der Waals surface area (Å²) in [6, 6.07) is 8.64. The van der Waals surface area contributed by atoms with Crippen LogP contribution in [0.15, 0.2) is 36.4 Å². The number of hydrogen-bond donors (Lipinski definition) is 1. The zero-order chi connectivity index (χ0) is 14.5. The van der Waals surface area contributed by atoms with E-state index in [1.165, 1.54) is 6.07 Å². The van der Waals surface area contributed by atoms with Crippen molar-refractivity contribution in [1.29, 1.82) is 0 Å². The molecule has 0 saturated heterocycles. The highest BCUT2D eigenvalue weighted by Gasteiger charge is 2.08. The van der Waals surface area contributed by atoms with Crippen LogP contribution in [0.25, 0.3) is 0 Å². The highest BCUT2D eigenvalue weighted by Crippen LogP contribution is 2.29. The van der Waals surface area contributed by atoms with Gasteiger partial charge in [-0.2, -0.15) is 0 Å². The van der Waals surface area contributed by atoms with Crippen LogP contribution >= 0.6 is 11.6 Å². The fourth-order valence-electron chi connectivity index (χ4n) is 1.70. The molecule has 2 nitrogen and oxygen atoms in total. The minimum absolute atomic E-state index is 0.226. The zero-order valence-electron chi connectivity index (χ0n) is 10.9. The molecule has 0 unspecified atom stereocenters. The van der Waals surface area contributed by atoms with Crippen LogP contribution in [0.5, 0.6) is 11.5 Å². The van der Waals surface area contributed by atoms with Crippen LogP contribution in [0, 0.1) is 11.6 Å². The summed E-state index contributed by atoms with van der Waals surface area (Å²) in [5, 5.41) is 3.69. The maximum atomic E-state index is 13.2. The molecule has 106 valence electrons. The van der Waals surface area contributed by atoms with Crippen molar-refractivity contribution in [2.24, 2.45) is 0 Å². The zero-order valence-corrected chi connectivity index (χ0v) is 11.7. The second-order valence-electron chi connectivity index (χ2n) is 4.21. The third kappa shape index (κ3) is 3.68. The first-order chi connectivity index (χ1) is 9.60. The van der Waals surface area contributed by atoms with E-state index < -0.39 is 11.6 Å². The minimum atomic E-state index is -0.947. The number of rotatable bonds is 5. The molecule has 0 aliphatic carbocycles. The van der Waals surface area contributed by atoms with E-state index in [4.69, 9.17) is 16.3 Å². The Hall–Kier alpha value is -1.65. The van der Waals surface area contributed by atoms with Gasteiger partial charge in [0.05, 0.1) is 0 Å². The van der Waals surface area contributed by atoms with E-state index in [0.717, 1.165) is 24.2 Å². The molecule has 0 atom stereocenters. The second-order valence-corrected chi connectivity index (χ2v) is 4.65. The van der Waals surface area contributed by atoms with E-state index in [1.54, 1.807) is 12.1 Å². The Balaban J connectivity index is 2.26. The van der Waals surface area contributed by atoms with Gasteiger partial charge in [0.15, 0.2) is 11.6 Å². The van der Waals surface area contributed by atoms with Crippen molar-refractivity contribution >= 4 is 11.6 Å². The maximum absolute atomic E-state index is 13.2. The van der Waals surface area contributed by atoms with E-state index in [9.17, 15) is 8.78 Å². The monoisotopic (exact) mass is 297 g/mol. The number of hydrogen-bond acceptors (Lipinski definition) is 2. The summed E-state index contributed by atoms with van der Waals surface area (Å²) >= 11 is 5.94. The summed E-state index contributed by atoms with van der Waals surface area (Å²) in [5.41, 5.74) is 0.890. The van der Waals surface area contributed by atoms with Crippen LogP contribution in [0.3, 0.4) is 0 Å². The Morgan fingerprint density at radius 3 is 2.60 bits per heavy atom. The van der Waals surface area contributed by atoms with Crippen molar-refractivity contribution in [2.75, 3.05) is 6.54 Å². The molecule has 2 rings (SSSR count). The third-order valence-electron chi connectivity index (χ3n) is 2.71. The molecule has 0 bridgehead atoms. The summed E-state index contributed by atoms with van der Waals surface area (Å²) in [7, 11) is 0. The molecule has 0 saturated carbocycles. The van der Waals surface area contributed by atoms with Gasteiger partial charge >= 0.3 is 0 Å². The van der Waals surface area contributed by atoms with Crippen molar-refractivity contribution in [3.05, 3.63) is 58.6 Å². The van der Waals surface area contributed by atoms with E-state index in [-0.39, 0.29) is 5.75 Å². The molecule has 20 heavy (non-hydrogen) atoms. The molecule has 0 aliphatic rings. The average Bonchev–Trinajstić information content (AvgIpc) is 2.42. The SMILES string of the molecule is CCNCc1ccc(Cl)cc1Oc1ccc(F)c(F)c1. The Morgan fingerprint density at radius 2 is 1.90 bits per heavy atom. The van der Waals surface area contributed by atoms with Gasteiger partial charge in [0.2, 0.25) is 0 Å². The van der Waals surface area contributed by atoms with Gasteiger partial charge in [-0.05, 0) is 30.8 Å². The van der Waals surface area contributed by atoms with E-state index in [0.29, 0.717) is 17.3 Å². The van der Waals surface area contributed by atoms with Crippen molar-refractivity contribution in [3.63, 3.8) is 0 Å². The van der Waals surface area contributed by atoms with Crippen molar-refractivity contribution in [2.45, 2.75) is 13.5 Å². The van der Waals surface area contributed by atoms with Crippen LogP contribution in [-0.2, 0) is 6.54 Å². The molecular weight excluding hydrogens is 284 g/mol. The standard InChI is InChI=1S/C15H14ClF2NO/c1-2-19-9-10-3-4-11(16)7-15(10)20-12-5-6-13(17)14(18)8-12/h3-8,19H,2,9H2,1H3.